The van der Waals surface area contributed by atoms with E-state index in [4.69, 9.17) is 0 Å². The predicted molar refractivity (Wildman–Crippen MR) is 106 cm³/mol. The number of benzene rings is 2. The lowest BCUT2D eigenvalue weighted by molar-refractivity contribution is 0.430. The number of H-pyrrole nitrogens is 1. The number of aromatic hydroxyl groups is 1. The summed E-state index contributed by atoms with van der Waals surface area (Å²) in [5.41, 5.74) is 1.61. The van der Waals surface area contributed by atoms with Gasteiger partial charge in [-0.05, 0) is 37.6 Å². The third kappa shape index (κ3) is 3.67. The number of hydrazone groups is 1. The van der Waals surface area contributed by atoms with E-state index in [1.54, 1.807) is 18.1 Å². The number of aryl methyl sites for hydroxylation is 2. The van der Waals surface area contributed by atoms with Gasteiger partial charge in [-0.15, -0.1) is 0 Å². The number of aromatic nitrogens is 2. The third-order valence-corrected chi connectivity index (χ3v) is 4.20. The zero-order valence-electron chi connectivity index (χ0n) is 15.3. The molecule has 0 fully saturated rings. The Hall–Kier alpha value is -3.61. The number of para-hydroxylation sites is 1. The van der Waals surface area contributed by atoms with Crippen molar-refractivity contribution in [3.8, 4) is 11.6 Å². The van der Waals surface area contributed by atoms with Crippen molar-refractivity contribution >= 4 is 11.9 Å². The van der Waals surface area contributed by atoms with E-state index in [-0.39, 0.29) is 5.56 Å². The van der Waals surface area contributed by atoms with Gasteiger partial charge < -0.3 is 5.11 Å². The molecule has 1 aromatic heterocycles. The van der Waals surface area contributed by atoms with Gasteiger partial charge >= 0.3 is 5.69 Å². The Morgan fingerprint density at radius 1 is 1.11 bits per heavy atom. The van der Waals surface area contributed by atoms with Crippen LogP contribution in [0.15, 0.2) is 63.2 Å². The molecule has 0 saturated carbocycles. The fraction of sp³-hybridized carbons (Fsp3) is 0.150. The van der Waals surface area contributed by atoms with Crippen molar-refractivity contribution in [2.75, 3.05) is 12.1 Å². The Bertz CT molecular complexity index is 1110. The molecule has 0 amide bonds. The van der Waals surface area contributed by atoms with Crippen LogP contribution in [0.3, 0.4) is 0 Å². The lowest BCUT2D eigenvalue weighted by Gasteiger charge is -2.14. The van der Waals surface area contributed by atoms with Crippen LogP contribution < -0.4 is 16.3 Å². The number of hydrogen-bond acceptors (Lipinski definition) is 5. The smallest absolute Gasteiger partial charge is 0.335 e. The first-order chi connectivity index (χ1) is 12.9. The molecule has 7 heteroatoms. The topological polar surface area (TPSA) is 90.7 Å². The molecule has 0 aliphatic heterocycles. The standard InChI is InChI=1S/C20H20N4O3/c1-13-9-10-17(14(2)11-13)24-19(26)16(18(25)22-20(24)27)12-21-23(3)15-7-5-4-6-8-15/h4-12,26H,1-3H3,(H,22,25,27). The van der Waals surface area contributed by atoms with Gasteiger partial charge in [0.1, 0.15) is 5.56 Å². The molecule has 1 heterocycles. The van der Waals surface area contributed by atoms with E-state index in [0.29, 0.717) is 5.69 Å². The average molecular weight is 364 g/mol. The van der Waals surface area contributed by atoms with Crippen LogP contribution in [0.2, 0.25) is 0 Å². The van der Waals surface area contributed by atoms with Gasteiger partial charge in [-0.2, -0.15) is 5.10 Å². The molecular formula is C20H20N4O3. The predicted octanol–water partition coefficient (Wildman–Crippen LogP) is 2.32. The lowest BCUT2D eigenvalue weighted by Crippen LogP contribution is -2.32. The van der Waals surface area contributed by atoms with Crippen LogP contribution in [-0.2, 0) is 0 Å². The Labute approximate surface area is 155 Å². The highest BCUT2D eigenvalue weighted by molar-refractivity contribution is 5.83. The summed E-state index contributed by atoms with van der Waals surface area (Å²) in [6.45, 7) is 3.76. The quantitative estimate of drug-likeness (QED) is 0.549. The van der Waals surface area contributed by atoms with Gasteiger partial charge in [0, 0.05) is 7.05 Å². The molecular weight excluding hydrogens is 344 g/mol. The highest BCUT2D eigenvalue weighted by Crippen LogP contribution is 2.20. The Balaban J connectivity index is 2.08. The van der Waals surface area contributed by atoms with E-state index in [1.165, 1.54) is 6.21 Å². The van der Waals surface area contributed by atoms with Crippen LogP contribution in [0.25, 0.3) is 5.69 Å². The molecule has 3 rings (SSSR count). The molecule has 0 bridgehead atoms. The summed E-state index contributed by atoms with van der Waals surface area (Å²) < 4.78 is 1.07. The Morgan fingerprint density at radius 3 is 2.48 bits per heavy atom. The monoisotopic (exact) mass is 364 g/mol. The summed E-state index contributed by atoms with van der Waals surface area (Å²) in [6, 6.07) is 14.8. The Morgan fingerprint density at radius 2 is 1.81 bits per heavy atom. The first-order valence-electron chi connectivity index (χ1n) is 8.37. The molecule has 0 saturated heterocycles. The molecule has 0 radical (unpaired) electrons. The minimum absolute atomic E-state index is 0.0997. The van der Waals surface area contributed by atoms with E-state index < -0.39 is 17.1 Å². The van der Waals surface area contributed by atoms with Crippen molar-refractivity contribution in [2.45, 2.75) is 13.8 Å². The summed E-state index contributed by atoms with van der Waals surface area (Å²) in [7, 11) is 1.72. The second kappa shape index (κ2) is 7.33. The number of hydrogen-bond donors (Lipinski definition) is 2. The van der Waals surface area contributed by atoms with E-state index in [1.807, 2.05) is 56.3 Å². The van der Waals surface area contributed by atoms with Crippen molar-refractivity contribution in [2.24, 2.45) is 5.10 Å². The van der Waals surface area contributed by atoms with Gasteiger partial charge in [0.05, 0.1) is 17.6 Å². The van der Waals surface area contributed by atoms with Crippen molar-refractivity contribution in [1.82, 2.24) is 9.55 Å². The highest BCUT2D eigenvalue weighted by Gasteiger charge is 2.16. The third-order valence-electron chi connectivity index (χ3n) is 4.20. The number of rotatable bonds is 4. The highest BCUT2D eigenvalue weighted by atomic mass is 16.3. The fourth-order valence-electron chi connectivity index (χ4n) is 2.79. The van der Waals surface area contributed by atoms with Crippen LogP contribution in [0, 0.1) is 13.8 Å². The van der Waals surface area contributed by atoms with Crippen molar-refractivity contribution in [3.63, 3.8) is 0 Å². The number of aromatic amines is 1. The largest absolute Gasteiger partial charge is 0.493 e. The van der Waals surface area contributed by atoms with E-state index >= 15 is 0 Å². The minimum atomic E-state index is -0.710. The van der Waals surface area contributed by atoms with E-state index in [9.17, 15) is 14.7 Å². The molecule has 7 nitrogen and oxygen atoms in total. The van der Waals surface area contributed by atoms with Gasteiger partial charge in [-0.3, -0.25) is 14.8 Å². The van der Waals surface area contributed by atoms with Crippen LogP contribution in [0.1, 0.15) is 16.7 Å². The molecule has 27 heavy (non-hydrogen) atoms. The maximum absolute atomic E-state index is 12.3. The number of nitrogens with zero attached hydrogens (tertiary/aromatic N) is 3. The normalized spacial score (nSPS) is 11.1. The van der Waals surface area contributed by atoms with Crippen LogP contribution >= 0.6 is 0 Å². The SMILES string of the molecule is Cc1ccc(-n2c(O)c(C=NN(C)c3ccccc3)c(=O)[nH]c2=O)c(C)c1. The maximum atomic E-state index is 12.3. The molecule has 0 spiro atoms. The second-order valence-corrected chi connectivity index (χ2v) is 6.23. The van der Waals surface area contributed by atoms with Gasteiger partial charge in [-0.1, -0.05) is 35.9 Å². The summed E-state index contributed by atoms with van der Waals surface area (Å²) in [6.07, 6.45) is 1.24. The van der Waals surface area contributed by atoms with Gasteiger partial charge in [-0.25, -0.2) is 9.36 Å². The van der Waals surface area contributed by atoms with Gasteiger partial charge in [0.2, 0.25) is 5.88 Å². The molecule has 2 N–H and O–H groups in total. The molecule has 138 valence electrons. The Kier molecular flexibility index (Phi) is 4.94. The fourth-order valence-corrected chi connectivity index (χ4v) is 2.79. The molecule has 3 aromatic rings. The zero-order valence-corrected chi connectivity index (χ0v) is 15.3. The lowest BCUT2D eigenvalue weighted by atomic mass is 10.1. The van der Waals surface area contributed by atoms with Crippen molar-refractivity contribution < 1.29 is 5.11 Å². The molecule has 0 unspecified atom stereocenters. The van der Waals surface area contributed by atoms with Gasteiger partial charge in [0.15, 0.2) is 0 Å². The molecule has 2 aromatic carbocycles. The summed E-state index contributed by atoms with van der Waals surface area (Å²) in [5.74, 6) is -0.457. The molecule has 0 aliphatic carbocycles. The van der Waals surface area contributed by atoms with Crippen molar-refractivity contribution in [3.05, 3.63) is 86.1 Å². The van der Waals surface area contributed by atoms with Crippen LogP contribution in [-0.4, -0.2) is 27.9 Å². The summed E-state index contributed by atoms with van der Waals surface area (Å²) >= 11 is 0. The maximum Gasteiger partial charge on any atom is 0.335 e. The summed E-state index contributed by atoms with van der Waals surface area (Å²) in [4.78, 5) is 26.7. The van der Waals surface area contributed by atoms with Gasteiger partial charge in [0.25, 0.3) is 5.56 Å². The summed E-state index contributed by atoms with van der Waals surface area (Å²) in [5, 5.41) is 16.4. The first-order valence-corrected chi connectivity index (χ1v) is 8.37. The molecule has 0 aliphatic rings. The molecule has 0 atom stereocenters. The first kappa shape index (κ1) is 18.2. The minimum Gasteiger partial charge on any atom is -0.493 e. The second-order valence-electron chi connectivity index (χ2n) is 6.23. The number of nitrogens with one attached hydrogen (secondary N) is 1. The van der Waals surface area contributed by atoms with Crippen LogP contribution in [0.5, 0.6) is 5.88 Å². The van der Waals surface area contributed by atoms with Crippen molar-refractivity contribution in [1.29, 1.82) is 0 Å². The zero-order chi connectivity index (χ0) is 19.6. The van der Waals surface area contributed by atoms with Crippen LogP contribution in [0.4, 0.5) is 5.69 Å². The van der Waals surface area contributed by atoms with E-state index in [2.05, 4.69) is 10.1 Å². The average Bonchev–Trinajstić information content (AvgIpc) is 2.63. The van der Waals surface area contributed by atoms with E-state index in [0.717, 1.165) is 21.4 Å². The number of anilines is 1.